The molecule has 0 spiro atoms. The Labute approximate surface area is 152 Å². The van der Waals surface area contributed by atoms with Gasteiger partial charge in [-0.15, -0.1) is 0 Å². The number of hydrogen-bond acceptors (Lipinski definition) is 4. The lowest BCUT2D eigenvalue weighted by Gasteiger charge is -2.36. The number of amides is 2. The van der Waals surface area contributed by atoms with E-state index in [4.69, 9.17) is 5.73 Å². The molecule has 2 fully saturated rings. The summed E-state index contributed by atoms with van der Waals surface area (Å²) in [6, 6.07) is 0. The minimum Gasteiger partial charge on any atom is -0.356 e. The first-order valence-electron chi connectivity index (χ1n) is 10.0. The molecule has 144 valence electrons. The highest BCUT2D eigenvalue weighted by Crippen LogP contribution is 2.21. The molecule has 2 amide bonds. The van der Waals surface area contributed by atoms with Gasteiger partial charge in [-0.2, -0.15) is 0 Å². The van der Waals surface area contributed by atoms with Crippen molar-refractivity contribution in [2.24, 2.45) is 11.7 Å². The predicted molar refractivity (Wildman–Crippen MR) is 100 cm³/mol. The minimum atomic E-state index is -0.778. The van der Waals surface area contributed by atoms with E-state index < -0.39 is 5.54 Å². The summed E-state index contributed by atoms with van der Waals surface area (Å²) in [6.45, 7) is 9.39. The first-order valence-corrected chi connectivity index (χ1v) is 10.0. The Balaban J connectivity index is 1.65. The van der Waals surface area contributed by atoms with Crippen LogP contribution in [0.4, 0.5) is 0 Å². The number of nitrogens with two attached hydrogens (primary N) is 1. The molecule has 0 aromatic rings. The van der Waals surface area contributed by atoms with E-state index >= 15 is 0 Å². The lowest BCUT2D eigenvalue weighted by Crippen LogP contribution is -2.55. The molecule has 3 N–H and O–H groups in total. The van der Waals surface area contributed by atoms with Crippen LogP contribution < -0.4 is 11.1 Å². The Hall–Kier alpha value is -1.14. The van der Waals surface area contributed by atoms with Gasteiger partial charge in [0.25, 0.3) is 0 Å². The second kappa shape index (κ2) is 9.53. The molecule has 2 aliphatic heterocycles. The van der Waals surface area contributed by atoms with Crippen LogP contribution in [0.5, 0.6) is 0 Å². The molecule has 0 aromatic heterocycles. The quantitative estimate of drug-likeness (QED) is 0.646. The van der Waals surface area contributed by atoms with E-state index in [-0.39, 0.29) is 17.7 Å². The van der Waals surface area contributed by atoms with Crippen LogP contribution in [0.25, 0.3) is 0 Å². The van der Waals surface area contributed by atoms with Crippen molar-refractivity contribution < 1.29 is 9.59 Å². The molecule has 0 radical (unpaired) electrons. The Bertz CT molecular complexity index is 439. The summed E-state index contributed by atoms with van der Waals surface area (Å²) in [5.41, 5.74) is 5.38. The predicted octanol–water partition coefficient (Wildman–Crippen LogP) is 1.34. The smallest absolute Gasteiger partial charge is 0.242 e. The van der Waals surface area contributed by atoms with Gasteiger partial charge < -0.3 is 20.9 Å². The minimum absolute atomic E-state index is 0.0267. The van der Waals surface area contributed by atoms with Gasteiger partial charge >= 0.3 is 0 Å². The maximum absolute atomic E-state index is 12.5. The lowest BCUT2D eigenvalue weighted by atomic mass is 9.91. The van der Waals surface area contributed by atoms with Gasteiger partial charge in [0.05, 0.1) is 5.54 Å². The molecular weight excluding hydrogens is 316 g/mol. The molecule has 0 aliphatic carbocycles. The van der Waals surface area contributed by atoms with E-state index in [1.54, 1.807) is 0 Å². The fraction of sp³-hybridized carbons (Fsp3) is 0.895. The van der Waals surface area contributed by atoms with Crippen LogP contribution in [0.3, 0.4) is 0 Å². The third-order valence-corrected chi connectivity index (χ3v) is 5.56. The summed E-state index contributed by atoms with van der Waals surface area (Å²) in [5, 5.41) is 3.08. The highest BCUT2D eigenvalue weighted by molar-refractivity contribution is 5.86. The van der Waals surface area contributed by atoms with Gasteiger partial charge in [-0.3, -0.25) is 9.59 Å². The largest absolute Gasteiger partial charge is 0.356 e. The molecular formula is C19H36N4O2. The first-order chi connectivity index (χ1) is 11.9. The van der Waals surface area contributed by atoms with E-state index in [9.17, 15) is 9.59 Å². The standard InChI is InChI=1S/C19H36N4O2/c1-3-9-19(2,20)18(25)23-14-7-16(8-15-23)17(24)21-10-6-13-22-11-4-5-12-22/h16H,3-15,20H2,1-2H3,(H,21,24). The second-order valence-corrected chi connectivity index (χ2v) is 7.93. The molecule has 2 heterocycles. The molecule has 1 unspecified atom stereocenters. The van der Waals surface area contributed by atoms with E-state index in [0.29, 0.717) is 19.5 Å². The number of hydrogen-bond donors (Lipinski definition) is 2. The van der Waals surface area contributed by atoms with Crippen molar-refractivity contribution in [3.8, 4) is 0 Å². The highest BCUT2D eigenvalue weighted by atomic mass is 16.2. The van der Waals surface area contributed by atoms with Gasteiger partial charge in [0.15, 0.2) is 0 Å². The van der Waals surface area contributed by atoms with Crippen LogP contribution in [-0.4, -0.2) is 66.4 Å². The normalized spacial score (nSPS) is 22.0. The Kier molecular flexibility index (Phi) is 7.69. The second-order valence-electron chi connectivity index (χ2n) is 7.93. The van der Waals surface area contributed by atoms with Gasteiger partial charge in [-0.25, -0.2) is 0 Å². The van der Waals surface area contributed by atoms with Crippen molar-refractivity contribution in [1.29, 1.82) is 0 Å². The van der Waals surface area contributed by atoms with E-state index in [1.807, 2.05) is 18.7 Å². The lowest BCUT2D eigenvalue weighted by molar-refractivity contribution is -0.140. The fourth-order valence-electron chi connectivity index (χ4n) is 4.00. The Morgan fingerprint density at radius 2 is 1.80 bits per heavy atom. The number of likely N-dealkylation sites (tertiary alicyclic amines) is 2. The van der Waals surface area contributed by atoms with Crippen LogP contribution in [0.15, 0.2) is 0 Å². The van der Waals surface area contributed by atoms with Gasteiger partial charge in [0, 0.05) is 25.6 Å². The van der Waals surface area contributed by atoms with Crippen LogP contribution in [0.1, 0.15) is 58.8 Å². The van der Waals surface area contributed by atoms with Crippen molar-refractivity contribution >= 4 is 11.8 Å². The Morgan fingerprint density at radius 3 is 2.40 bits per heavy atom. The number of nitrogens with zero attached hydrogens (tertiary/aromatic N) is 2. The van der Waals surface area contributed by atoms with Crippen LogP contribution in [0.2, 0.25) is 0 Å². The summed E-state index contributed by atoms with van der Waals surface area (Å²) in [6.07, 6.45) is 6.72. The molecule has 1 atom stereocenters. The van der Waals surface area contributed by atoms with Gasteiger partial charge in [0.1, 0.15) is 0 Å². The molecule has 0 saturated carbocycles. The van der Waals surface area contributed by atoms with E-state index in [1.165, 1.54) is 25.9 Å². The first kappa shape index (κ1) is 20.2. The third-order valence-electron chi connectivity index (χ3n) is 5.56. The summed E-state index contributed by atoms with van der Waals surface area (Å²) in [4.78, 5) is 29.1. The fourth-order valence-corrected chi connectivity index (χ4v) is 4.00. The molecule has 6 heteroatoms. The van der Waals surface area contributed by atoms with Crippen molar-refractivity contribution in [2.75, 3.05) is 39.3 Å². The zero-order valence-electron chi connectivity index (χ0n) is 16.1. The number of rotatable bonds is 8. The summed E-state index contributed by atoms with van der Waals surface area (Å²) < 4.78 is 0. The van der Waals surface area contributed by atoms with Crippen molar-refractivity contribution in [1.82, 2.24) is 15.1 Å². The van der Waals surface area contributed by atoms with Crippen LogP contribution in [0, 0.1) is 5.92 Å². The zero-order valence-corrected chi connectivity index (χ0v) is 16.1. The van der Waals surface area contributed by atoms with Crippen molar-refractivity contribution in [3.63, 3.8) is 0 Å². The van der Waals surface area contributed by atoms with Crippen LogP contribution >= 0.6 is 0 Å². The maximum Gasteiger partial charge on any atom is 0.242 e. The molecule has 2 aliphatic rings. The molecule has 0 aromatic carbocycles. The third kappa shape index (κ3) is 5.96. The van der Waals surface area contributed by atoms with Crippen molar-refractivity contribution in [3.05, 3.63) is 0 Å². The van der Waals surface area contributed by atoms with Gasteiger partial charge in [-0.1, -0.05) is 13.3 Å². The molecule has 2 saturated heterocycles. The summed E-state index contributed by atoms with van der Waals surface area (Å²) >= 11 is 0. The highest BCUT2D eigenvalue weighted by Gasteiger charge is 2.35. The molecule has 6 nitrogen and oxygen atoms in total. The van der Waals surface area contributed by atoms with E-state index in [2.05, 4.69) is 10.2 Å². The zero-order chi connectivity index (χ0) is 18.3. The number of piperidine rings is 1. The average Bonchev–Trinajstić information content (AvgIpc) is 3.11. The molecule has 25 heavy (non-hydrogen) atoms. The topological polar surface area (TPSA) is 78.7 Å². The summed E-state index contributed by atoms with van der Waals surface area (Å²) in [5.74, 6) is 0.211. The molecule has 0 bridgehead atoms. The summed E-state index contributed by atoms with van der Waals surface area (Å²) in [7, 11) is 0. The molecule has 2 rings (SSSR count). The van der Waals surface area contributed by atoms with Gasteiger partial charge in [0.2, 0.25) is 11.8 Å². The number of carbonyl (C=O) groups is 2. The number of carbonyl (C=O) groups excluding carboxylic acids is 2. The maximum atomic E-state index is 12.5. The average molecular weight is 353 g/mol. The SMILES string of the molecule is CCCC(C)(N)C(=O)N1CCC(C(=O)NCCCN2CCCC2)CC1. The number of nitrogens with one attached hydrogen (secondary N) is 1. The van der Waals surface area contributed by atoms with Gasteiger partial charge in [-0.05, 0) is 65.1 Å². The Morgan fingerprint density at radius 1 is 1.16 bits per heavy atom. The van der Waals surface area contributed by atoms with Crippen LogP contribution in [-0.2, 0) is 9.59 Å². The monoisotopic (exact) mass is 352 g/mol. The van der Waals surface area contributed by atoms with Crippen molar-refractivity contribution in [2.45, 2.75) is 64.3 Å². The van der Waals surface area contributed by atoms with E-state index in [0.717, 1.165) is 38.8 Å².